The van der Waals surface area contributed by atoms with E-state index in [0.717, 1.165) is 5.56 Å². The second-order valence-corrected chi connectivity index (χ2v) is 9.39. The van der Waals surface area contributed by atoms with Crippen LogP contribution in [0.15, 0.2) is 30.3 Å². The molecular weight excluding hydrogens is 464 g/mol. The quantitative estimate of drug-likeness (QED) is 0.436. The molecule has 3 heterocycles. The van der Waals surface area contributed by atoms with E-state index in [-0.39, 0.29) is 36.1 Å². The Morgan fingerprint density at radius 2 is 1.78 bits per heavy atom. The number of carbonyl (C=O) groups is 3. The molecule has 0 aliphatic carbocycles. The maximum absolute atomic E-state index is 13.3. The van der Waals surface area contributed by atoms with Crippen molar-refractivity contribution in [3.05, 3.63) is 52.6 Å². The van der Waals surface area contributed by atoms with Crippen LogP contribution in [0.3, 0.4) is 0 Å². The second kappa shape index (κ2) is 10.0. The molecule has 0 amide bonds. The summed E-state index contributed by atoms with van der Waals surface area (Å²) >= 11 is 0. The van der Waals surface area contributed by atoms with Gasteiger partial charge in [-0.3, -0.25) is 9.59 Å². The molecule has 8 heteroatoms. The predicted molar refractivity (Wildman–Crippen MR) is 129 cm³/mol. The van der Waals surface area contributed by atoms with Crippen molar-refractivity contribution in [1.29, 1.82) is 0 Å². The summed E-state index contributed by atoms with van der Waals surface area (Å²) in [4.78, 5) is 37.9. The number of cyclic esters (lactones) is 1. The van der Waals surface area contributed by atoms with E-state index in [1.807, 2.05) is 12.1 Å². The molecule has 8 nitrogen and oxygen atoms in total. The first-order chi connectivity index (χ1) is 17.4. The predicted octanol–water partition coefficient (Wildman–Crippen LogP) is 5.04. The number of rotatable bonds is 1. The Kier molecular flexibility index (Phi) is 6.67. The molecule has 0 aromatic heterocycles. The van der Waals surface area contributed by atoms with Crippen LogP contribution in [0, 0.1) is 0 Å². The fourth-order valence-electron chi connectivity index (χ4n) is 4.93. The van der Waals surface area contributed by atoms with Crippen LogP contribution >= 0.6 is 0 Å². The SMILES string of the molecule is CC1CCCC(=O)CCC/C=C/c2cc3c(c(O)c2C(=O)O1)C(c1ccc2c(c1)OCO2)CC(=O)O3. The molecule has 2 aromatic carbocycles. The summed E-state index contributed by atoms with van der Waals surface area (Å²) < 4.78 is 22.1. The van der Waals surface area contributed by atoms with E-state index in [1.165, 1.54) is 0 Å². The Hall–Kier alpha value is -3.81. The monoisotopic (exact) mass is 492 g/mol. The molecule has 0 radical (unpaired) electrons. The Labute approximate surface area is 208 Å². The molecule has 0 fully saturated rings. The first-order valence-corrected chi connectivity index (χ1v) is 12.3. The summed E-state index contributed by atoms with van der Waals surface area (Å²) in [5.41, 5.74) is 1.52. The number of aromatic hydroxyl groups is 1. The smallest absolute Gasteiger partial charge is 0.342 e. The van der Waals surface area contributed by atoms with Crippen LogP contribution in [0.4, 0.5) is 0 Å². The number of hydrogen-bond donors (Lipinski definition) is 1. The Bertz CT molecular complexity index is 1240. The molecule has 2 atom stereocenters. The van der Waals surface area contributed by atoms with Crippen molar-refractivity contribution in [2.45, 2.75) is 63.9 Å². The van der Waals surface area contributed by atoms with Crippen molar-refractivity contribution in [3.63, 3.8) is 0 Å². The number of hydrogen-bond acceptors (Lipinski definition) is 8. The second-order valence-electron chi connectivity index (χ2n) is 9.39. The number of benzene rings is 2. The van der Waals surface area contributed by atoms with E-state index in [0.29, 0.717) is 61.2 Å². The summed E-state index contributed by atoms with van der Waals surface area (Å²) in [5.74, 6) is -0.345. The average molecular weight is 493 g/mol. The number of phenolic OH excluding ortho intramolecular Hbond substituents is 1. The fourth-order valence-corrected chi connectivity index (χ4v) is 4.93. The van der Waals surface area contributed by atoms with Gasteiger partial charge in [-0.05, 0) is 61.9 Å². The largest absolute Gasteiger partial charge is 0.507 e. The zero-order valence-electron chi connectivity index (χ0n) is 20.1. The normalized spacial score (nSPS) is 23.1. The number of ketones is 1. The van der Waals surface area contributed by atoms with Crippen LogP contribution in [0.1, 0.15) is 84.8 Å². The topological polar surface area (TPSA) is 108 Å². The first kappa shape index (κ1) is 23.9. The van der Waals surface area contributed by atoms with Crippen LogP contribution in [-0.4, -0.2) is 35.7 Å². The lowest BCUT2D eigenvalue weighted by atomic mass is 9.83. The lowest BCUT2D eigenvalue weighted by molar-refractivity contribution is -0.135. The first-order valence-electron chi connectivity index (χ1n) is 12.3. The number of ether oxygens (including phenoxy) is 4. The van der Waals surface area contributed by atoms with Gasteiger partial charge in [0.15, 0.2) is 11.5 Å². The molecular formula is C28H28O8. The van der Waals surface area contributed by atoms with Gasteiger partial charge in [0.05, 0.1) is 12.5 Å². The molecule has 0 bridgehead atoms. The molecule has 3 aliphatic rings. The highest BCUT2D eigenvalue weighted by Crippen LogP contribution is 2.48. The summed E-state index contributed by atoms with van der Waals surface area (Å²) in [5, 5.41) is 11.5. The molecule has 3 aliphatic heterocycles. The molecule has 5 rings (SSSR count). The highest BCUT2D eigenvalue weighted by Gasteiger charge is 2.36. The number of esters is 2. The van der Waals surface area contributed by atoms with Crippen molar-refractivity contribution < 1.29 is 38.4 Å². The van der Waals surface area contributed by atoms with Gasteiger partial charge in [0.1, 0.15) is 22.8 Å². The molecule has 2 unspecified atom stereocenters. The van der Waals surface area contributed by atoms with Gasteiger partial charge in [-0.15, -0.1) is 0 Å². The van der Waals surface area contributed by atoms with Gasteiger partial charge in [0.2, 0.25) is 6.79 Å². The maximum Gasteiger partial charge on any atom is 0.342 e. The van der Waals surface area contributed by atoms with E-state index >= 15 is 0 Å². The van der Waals surface area contributed by atoms with E-state index in [4.69, 9.17) is 18.9 Å². The molecule has 1 N–H and O–H groups in total. The van der Waals surface area contributed by atoms with E-state index in [2.05, 4.69) is 0 Å². The maximum atomic E-state index is 13.3. The van der Waals surface area contributed by atoms with Gasteiger partial charge in [-0.25, -0.2) is 4.79 Å². The number of phenols is 1. The molecule has 0 saturated carbocycles. The fraction of sp³-hybridized carbons (Fsp3) is 0.393. The van der Waals surface area contributed by atoms with Crippen molar-refractivity contribution >= 4 is 23.8 Å². The van der Waals surface area contributed by atoms with Crippen LogP contribution in [0.25, 0.3) is 6.08 Å². The lowest BCUT2D eigenvalue weighted by Crippen LogP contribution is -2.23. The van der Waals surface area contributed by atoms with E-state index in [1.54, 1.807) is 31.2 Å². The van der Waals surface area contributed by atoms with Crippen molar-refractivity contribution in [2.24, 2.45) is 0 Å². The molecule has 2 aromatic rings. The van der Waals surface area contributed by atoms with Crippen LogP contribution in [-0.2, 0) is 14.3 Å². The average Bonchev–Trinajstić information content (AvgIpc) is 3.30. The third-order valence-corrected chi connectivity index (χ3v) is 6.78. The van der Waals surface area contributed by atoms with Gasteiger partial charge in [0, 0.05) is 24.3 Å². The van der Waals surface area contributed by atoms with Crippen molar-refractivity contribution in [2.75, 3.05) is 6.79 Å². The zero-order valence-corrected chi connectivity index (χ0v) is 20.1. The van der Waals surface area contributed by atoms with Gasteiger partial charge >= 0.3 is 11.9 Å². The summed E-state index contributed by atoms with van der Waals surface area (Å²) in [6, 6.07) is 6.95. The van der Waals surface area contributed by atoms with Crippen molar-refractivity contribution in [3.8, 4) is 23.0 Å². The molecule has 36 heavy (non-hydrogen) atoms. The van der Waals surface area contributed by atoms with Crippen LogP contribution in [0.2, 0.25) is 0 Å². The van der Waals surface area contributed by atoms with Gasteiger partial charge in [0.25, 0.3) is 0 Å². The van der Waals surface area contributed by atoms with Crippen molar-refractivity contribution in [1.82, 2.24) is 0 Å². The highest BCUT2D eigenvalue weighted by atomic mass is 16.7. The Morgan fingerprint density at radius 3 is 2.64 bits per heavy atom. The van der Waals surface area contributed by atoms with E-state index < -0.39 is 24.0 Å². The standard InChI is InChI=1S/C28H28O8/c1-16-6-5-9-19(29)8-4-2-3-7-18-13-23-26(27(31)25(18)28(32)35-16)20(14-24(30)36-23)17-10-11-21-22(12-17)34-15-33-21/h3,7,10-13,16,20,31H,2,4-6,8-9,14-15H2,1H3/b7-3+. The summed E-state index contributed by atoms with van der Waals surface area (Å²) in [6.45, 7) is 1.89. The van der Waals surface area contributed by atoms with E-state index in [9.17, 15) is 19.5 Å². The molecule has 188 valence electrons. The van der Waals surface area contributed by atoms with Crippen LogP contribution < -0.4 is 14.2 Å². The van der Waals surface area contributed by atoms with Gasteiger partial charge in [-0.1, -0.05) is 18.2 Å². The minimum absolute atomic E-state index is 0.00565. The Morgan fingerprint density at radius 1 is 0.972 bits per heavy atom. The molecule has 0 spiro atoms. The summed E-state index contributed by atoms with van der Waals surface area (Å²) in [6.07, 6.45) is 6.59. The number of carbonyl (C=O) groups excluding carboxylic acids is 3. The third-order valence-electron chi connectivity index (χ3n) is 6.78. The zero-order chi connectivity index (χ0) is 25.2. The highest BCUT2D eigenvalue weighted by molar-refractivity contribution is 5.98. The lowest BCUT2D eigenvalue weighted by Gasteiger charge is -2.27. The molecule has 0 saturated heterocycles. The minimum Gasteiger partial charge on any atom is -0.507 e. The van der Waals surface area contributed by atoms with Crippen LogP contribution in [0.5, 0.6) is 23.0 Å². The number of fused-ring (bicyclic) bond motifs is 3. The van der Waals surface area contributed by atoms with Gasteiger partial charge in [-0.2, -0.15) is 0 Å². The van der Waals surface area contributed by atoms with Gasteiger partial charge < -0.3 is 24.1 Å². The third kappa shape index (κ3) is 4.80. The summed E-state index contributed by atoms with van der Waals surface area (Å²) in [7, 11) is 0. The number of Topliss-reactive ketones (excluding diaryl/α,β-unsaturated/α-hetero) is 1. The Balaban J connectivity index is 1.59. The minimum atomic E-state index is -0.660. The number of allylic oxidation sites excluding steroid dienone is 1.